The molecule has 2 atom stereocenters. The zero-order valence-electron chi connectivity index (χ0n) is 6.68. The number of rotatable bonds is 3. The lowest BCUT2D eigenvalue weighted by Gasteiger charge is -2.47. The predicted octanol–water partition coefficient (Wildman–Crippen LogP) is -1.13. The number of hydrogen-bond acceptors (Lipinski definition) is 6. The second kappa shape index (κ2) is 3.44. The van der Waals surface area contributed by atoms with E-state index in [1.54, 1.807) is 0 Å². The third-order valence-electron chi connectivity index (χ3n) is 1.47. The molecule has 68 valence electrons. The van der Waals surface area contributed by atoms with Gasteiger partial charge in [0.05, 0.1) is 0 Å². The van der Waals surface area contributed by atoms with Crippen molar-refractivity contribution in [3.05, 3.63) is 10.4 Å². The highest BCUT2D eigenvalue weighted by Crippen LogP contribution is 2.14. The number of hydroxylamine groups is 4. The Morgan fingerprint density at radius 1 is 1.36 bits per heavy atom. The Morgan fingerprint density at radius 3 is 1.82 bits per heavy atom. The van der Waals surface area contributed by atoms with Gasteiger partial charge in [0.15, 0.2) is 0 Å². The second-order valence-corrected chi connectivity index (χ2v) is 2.51. The highest BCUT2D eigenvalue weighted by molar-refractivity contribution is 4.80. The molecule has 0 rings (SSSR count). The molecule has 0 bridgehead atoms. The molecule has 0 amide bonds. The minimum atomic E-state index is -2.07. The quantitative estimate of drug-likeness (QED) is 0.405. The van der Waals surface area contributed by atoms with Crippen LogP contribution in [0.3, 0.4) is 0 Å². The molecule has 6 heteroatoms. The van der Waals surface area contributed by atoms with Gasteiger partial charge in [0.25, 0.3) is 0 Å². The maximum atomic E-state index is 10.6. The first-order valence-electron chi connectivity index (χ1n) is 3.01. The Balaban J connectivity index is 4.29. The van der Waals surface area contributed by atoms with Crippen molar-refractivity contribution >= 4 is 0 Å². The number of aliphatic hydroxyl groups excluding tert-OH is 1. The Hall–Kier alpha value is -0.240. The van der Waals surface area contributed by atoms with Crippen molar-refractivity contribution in [2.75, 3.05) is 14.1 Å². The highest BCUT2D eigenvalue weighted by atomic mass is 16.6. The van der Waals surface area contributed by atoms with Gasteiger partial charge >= 0.3 is 0 Å². The number of hydrogen-bond donors (Lipinski definition) is 2. The molecule has 6 nitrogen and oxygen atoms in total. The minimum absolute atomic E-state index is 0.106. The van der Waals surface area contributed by atoms with E-state index in [1.165, 1.54) is 0 Å². The van der Waals surface area contributed by atoms with Crippen LogP contribution >= 0.6 is 0 Å². The van der Waals surface area contributed by atoms with Gasteiger partial charge in [-0.2, -0.15) is 0 Å². The Kier molecular flexibility index (Phi) is 3.36. The van der Waals surface area contributed by atoms with Crippen molar-refractivity contribution in [2.24, 2.45) is 0 Å². The maximum Gasteiger partial charge on any atom is 0.143 e. The highest BCUT2D eigenvalue weighted by Gasteiger charge is 2.29. The third-order valence-corrected chi connectivity index (χ3v) is 1.47. The van der Waals surface area contributed by atoms with Crippen LogP contribution in [-0.4, -0.2) is 46.4 Å². The molecule has 11 heavy (non-hydrogen) atoms. The molecule has 0 radical (unpaired) electrons. The van der Waals surface area contributed by atoms with Crippen LogP contribution in [0.2, 0.25) is 0 Å². The van der Waals surface area contributed by atoms with E-state index in [0.29, 0.717) is 0 Å². The molecule has 0 aliphatic rings. The molecule has 0 saturated heterocycles. The summed E-state index contributed by atoms with van der Waals surface area (Å²) in [5, 5.41) is 39.3. The van der Waals surface area contributed by atoms with Gasteiger partial charge in [0.1, 0.15) is 12.0 Å². The van der Waals surface area contributed by atoms with Crippen LogP contribution in [-0.2, 0) is 0 Å². The molecule has 0 fully saturated rings. The van der Waals surface area contributed by atoms with Crippen molar-refractivity contribution in [3.63, 3.8) is 0 Å². The molecule has 0 aliphatic carbocycles. The summed E-state index contributed by atoms with van der Waals surface area (Å²) < 4.78 is 0. The molecule has 0 aliphatic heterocycles. The Morgan fingerprint density at radius 2 is 1.73 bits per heavy atom. The molecular weight excluding hydrogens is 152 g/mol. The van der Waals surface area contributed by atoms with E-state index >= 15 is 0 Å². The first-order chi connectivity index (χ1) is 4.80. The van der Waals surface area contributed by atoms with Crippen molar-refractivity contribution < 1.29 is 10.2 Å². The summed E-state index contributed by atoms with van der Waals surface area (Å²) in [6, 6.07) is 0. The average Bonchev–Trinajstić information content (AvgIpc) is 1.85. The zero-order chi connectivity index (χ0) is 9.23. The van der Waals surface area contributed by atoms with E-state index in [-0.39, 0.29) is 10.1 Å². The Labute approximate surface area is 64.8 Å². The zero-order valence-corrected chi connectivity index (χ0v) is 6.68. The lowest BCUT2D eigenvalue weighted by atomic mass is 10.2. The summed E-state index contributed by atoms with van der Waals surface area (Å²) in [7, 11) is 2.04. The second-order valence-electron chi connectivity index (χ2n) is 2.51. The maximum absolute atomic E-state index is 10.6. The summed E-state index contributed by atoms with van der Waals surface area (Å²) in [5.74, 6) is 0. The van der Waals surface area contributed by atoms with E-state index in [1.807, 2.05) is 0 Å². The van der Waals surface area contributed by atoms with Crippen LogP contribution < -0.4 is 0 Å². The lowest BCUT2D eigenvalue weighted by Crippen LogP contribution is -2.55. The number of likely N-dealkylation sites (N-methyl/N-ethyl adjacent to an activating group) is 2. The summed E-state index contributed by atoms with van der Waals surface area (Å²) in [6.45, 7) is 1.05. The summed E-state index contributed by atoms with van der Waals surface area (Å²) in [4.78, 5) is 0. The Bertz CT molecular complexity index is 126. The van der Waals surface area contributed by atoms with Crippen molar-refractivity contribution in [3.8, 4) is 0 Å². The van der Waals surface area contributed by atoms with Crippen LogP contribution in [0.5, 0.6) is 0 Å². The minimum Gasteiger partial charge on any atom is -0.783 e. The average molecular weight is 164 g/mol. The summed E-state index contributed by atoms with van der Waals surface area (Å²) in [6.07, 6.45) is -1.75. The summed E-state index contributed by atoms with van der Waals surface area (Å²) >= 11 is 0. The lowest BCUT2D eigenvalue weighted by molar-refractivity contribution is -0.181. The van der Waals surface area contributed by atoms with E-state index < -0.39 is 12.0 Å². The molecule has 2 unspecified atom stereocenters. The fourth-order valence-electron chi connectivity index (χ4n) is 0.507. The van der Waals surface area contributed by atoms with Gasteiger partial charge in [-0.1, -0.05) is 0 Å². The van der Waals surface area contributed by atoms with Crippen molar-refractivity contribution in [1.29, 1.82) is 0 Å². The fraction of sp³-hybridized carbons (Fsp3) is 1.00. The van der Waals surface area contributed by atoms with E-state index in [2.05, 4.69) is 0 Å². The van der Waals surface area contributed by atoms with E-state index in [0.717, 1.165) is 21.0 Å². The van der Waals surface area contributed by atoms with Gasteiger partial charge in [0.2, 0.25) is 0 Å². The number of nitrogens with zero attached hydrogens (tertiary/aromatic N) is 2. The topological polar surface area (TPSA) is 93.1 Å². The first kappa shape index (κ1) is 10.8. The molecule has 2 N–H and O–H groups in total. The molecule has 0 saturated carbocycles. The largest absolute Gasteiger partial charge is 0.783 e. The molecule has 0 aromatic heterocycles. The van der Waals surface area contributed by atoms with Gasteiger partial charge in [-0.05, 0) is 21.0 Å². The first-order valence-corrected chi connectivity index (χ1v) is 3.01. The molecule has 0 aromatic carbocycles. The van der Waals surface area contributed by atoms with Crippen molar-refractivity contribution in [2.45, 2.75) is 18.9 Å². The van der Waals surface area contributed by atoms with Crippen LogP contribution in [0.1, 0.15) is 6.92 Å². The molecule has 0 spiro atoms. The standard InChI is InChI=1S/C5H12N2O4/c1-5(9,7(3)11)4(8)6(2)10/h4,8-9H,1-3H3/q-2. The number of aliphatic hydroxyl groups is 2. The van der Waals surface area contributed by atoms with Gasteiger partial charge < -0.3 is 30.8 Å². The van der Waals surface area contributed by atoms with Gasteiger partial charge in [-0.3, -0.25) is 0 Å². The normalized spacial score (nSPS) is 20.5. The van der Waals surface area contributed by atoms with E-state index in [4.69, 9.17) is 10.2 Å². The van der Waals surface area contributed by atoms with Crippen LogP contribution in [0, 0.1) is 10.4 Å². The van der Waals surface area contributed by atoms with Crippen LogP contribution in [0.25, 0.3) is 0 Å². The van der Waals surface area contributed by atoms with Gasteiger partial charge in [-0.15, -0.1) is 0 Å². The molecular formula is C5H12N2O4-2. The molecule has 0 aromatic rings. The monoisotopic (exact) mass is 164 g/mol. The van der Waals surface area contributed by atoms with Crippen LogP contribution in [0.4, 0.5) is 0 Å². The van der Waals surface area contributed by atoms with E-state index in [9.17, 15) is 10.4 Å². The third kappa shape index (κ3) is 2.37. The van der Waals surface area contributed by atoms with Gasteiger partial charge in [0, 0.05) is 0 Å². The smallest absolute Gasteiger partial charge is 0.143 e. The predicted molar refractivity (Wildman–Crippen MR) is 38.9 cm³/mol. The summed E-state index contributed by atoms with van der Waals surface area (Å²) in [5.41, 5.74) is -2.07. The SMILES string of the molecule is CN([O-])C(O)C(C)(O)N(C)[O-]. The fourth-order valence-corrected chi connectivity index (χ4v) is 0.507. The van der Waals surface area contributed by atoms with Gasteiger partial charge in [-0.25, -0.2) is 0 Å². The molecule has 0 heterocycles. The van der Waals surface area contributed by atoms with Crippen LogP contribution in [0.15, 0.2) is 0 Å². The van der Waals surface area contributed by atoms with Crippen molar-refractivity contribution in [1.82, 2.24) is 10.1 Å².